The first kappa shape index (κ1) is 30.2. The van der Waals surface area contributed by atoms with E-state index in [-0.39, 0.29) is 17.3 Å². The average Bonchev–Trinajstić information content (AvgIpc) is 3.86. The maximum atomic E-state index is 15.3. The van der Waals surface area contributed by atoms with Crippen LogP contribution in [0.3, 0.4) is 0 Å². The Balaban J connectivity index is 1.23. The number of piperidine rings is 1. The molecule has 4 aromatic rings. The number of hydrogen-bond acceptors (Lipinski definition) is 8. The van der Waals surface area contributed by atoms with Crippen molar-refractivity contribution in [3.05, 3.63) is 72.6 Å². The molecule has 0 spiro atoms. The summed E-state index contributed by atoms with van der Waals surface area (Å²) in [7, 11) is 3.65. The van der Waals surface area contributed by atoms with Crippen molar-refractivity contribution < 1.29 is 32.6 Å². The lowest BCUT2D eigenvalue weighted by Gasteiger charge is -2.28. The van der Waals surface area contributed by atoms with Crippen molar-refractivity contribution in [3.8, 4) is 23.1 Å². The predicted molar refractivity (Wildman–Crippen MR) is 164 cm³/mol. The molecule has 1 aliphatic heterocycles. The molecule has 10 nitrogen and oxygen atoms in total. The number of rotatable bonds is 10. The van der Waals surface area contributed by atoms with Crippen molar-refractivity contribution in [3.63, 3.8) is 0 Å². The molecule has 1 aliphatic carbocycles. The van der Waals surface area contributed by atoms with Crippen LogP contribution in [0.2, 0.25) is 0 Å². The van der Waals surface area contributed by atoms with Gasteiger partial charge in [0.25, 0.3) is 0 Å². The Kier molecular flexibility index (Phi) is 8.48. The number of halogens is 2. The maximum Gasteiger partial charge on any atom is 0.240 e. The van der Waals surface area contributed by atoms with Crippen LogP contribution >= 0.6 is 0 Å². The first-order chi connectivity index (χ1) is 21.8. The minimum absolute atomic E-state index is 0.0277. The molecule has 0 unspecified atom stereocenters. The first-order valence-electron chi connectivity index (χ1n) is 14.7. The lowest BCUT2D eigenvalue weighted by molar-refractivity contribution is -0.131. The Hall–Kier alpha value is -4.84. The number of benzene rings is 3. The molecule has 2 heterocycles. The molecular formula is C33H33F2N5O5. The van der Waals surface area contributed by atoms with Gasteiger partial charge >= 0.3 is 0 Å². The van der Waals surface area contributed by atoms with Gasteiger partial charge in [-0.05, 0) is 94.2 Å². The van der Waals surface area contributed by atoms with Gasteiger partial charge < -0.3 is 29.7 Å². The van der Waals surface area contributed by atoms with Gasteiger partial charge in [0.1, 0.15) is 17.6 Å². The van der Waals surface area contributed by atoms with E-state index in [0.717, 1.165) is 25.9 Å². The van der Waals surface area contributed by atoms with Crippen LogP contribution in [0.4, 0.5) is 20.2 Å². The molecule has 3 aromatic carbocycles. The van der Waals surface area contributed by atoms with Crippen LogP contribution in [0.5, 0.6) is 23.1 Å². The van der Waals surface area contributed by atoms with Gasteiger partial charge in [0.05, 0.1) is 30.3 Å². The maximum absolute atomic E-state index is 15.3. The van der Waals surface area contributed by atoms with Gasteiger partial charge in [0, 0.05) is 11.8 Å². The van der Waals surface area contributed by atoms with Crippen molar-refractivity contribution in [2.45, 2.75) is 25.7 Å². The zero-order valence-electron chi connectivity index (χ0n) is 24.9. The molecular weight excluding hydrogens is 584 g/mol. The number of nitrogens with zero attached hydrogens (tertiary/aromatic N) is 3. The molecule has 45 heavy (non-hydrogen) atoms. The van der Waals surface area contributed by atoms with Crippen molar-refractivity contribution in [2.75, 3.05) is 44.5 Å². The van der Waals surface area contributed by atoms with Gasteiger partial charge in [-0.15, -0.1) is 0 Å². The SMILES string of the molecule is COc1cc2ncnc(Oc3c(F)cccc3NC(=O)C3(C(=O)Nc4ccc(F)cc4)CC3)c2cc1OCC1CCN(C)CC1. The van der Waals surface area contributed by atoms with E-state index in [2.05, 4.69) is 32.5 Å². The van der Waals surface area contributed by atoms with Gasteiger partial charge in [0.2, 0.25) is 17.7 Å². The second kappa shape index (κ2) is 12.6. The van der Waals surface area contributed by atoms with E-state index in [1.807, 2.05) is 0 Å². The highest BCUT2D eigenvalue weighted by molar-refractivity contribution is 6.17. The average molecular weight is 618 g/mol. The van der Waals surface area contributed by atoms with Crippen LogP contribution in [0.15, 0.2) is 60.9 Å². The zero-order valence-corrected chi connectivity index (χ0v) is 24.9. The van der Waals surface area contributed by atoms with E-state index >= 15 is 4.39 Å². The van der Waals surface area contributed by atoms with Crippen LogP contribution in [0.1, 0.15) is 25.7 Å². The number of ether oxygens (including phenoxy) is 3. The van der Waals surface area contributed by atoms with Crippen molar-refractivity contribution >= 4 is 34.1 Å². The zero-order chi connectivity index (χ0) is 31.6. The summed E-state index contributed by atoms with van der Waals surface area (Å²) in [5, 5.41) is 5.78. The van der Waals surface area contributed by atoms with Gasteiger partial charge in [0.15, 0.2) is 23.1 Å². The number of methoxy groups -OCH3 is 1. The monoisotopic (exact) mass is 617 g/mol. The number of carbonyl (C=O) groups excluding carboxylic acids is 2. The number of aromatic nitrogens is 2. The van der Waals surface area contributed by atoms with Gasteiger partial charge in [-0.2, -0.15) is 0 Å². The number of amides is 2. The number of anilines is 2. The van der Waals surface area contributed by atoms with E-state index in [0.29, 0.717) is 53.5 Å². The summed E-state index contributed by atoms with van der Waals surface area (Å²) in [4.78, 5) is 37.3. The lowest BCUT2D eigenvalue weighted by atomic mass is 9.98. The molecule has 6 rings (SSSR count). The minimum Gasteiger partial charge on any atom is -0.493 e. The molecule has 0 bridgehead atoms. The first-order valence-corrected chi connectivity index (χ1v) is 14.7. The topological polar surface area (TPSA) is 115 Å². The molecule has 1 saturated carbocycles. The minimum atomic E-state index is -1.35. The van der Waals surface area contributed by atoms with E-state index < -0.39 is 28.9 Å². The van der Waals surface area contributed by atoms with Crippen LogP contribution in [-0.2, 0) is 9.59 Å². The Morgan fingerprint density at radius 3 is 2.42 bits per heavy atom. The highest BCUT2D eigenvalue weighted by Gasteiger charge is 2.56. The second-order valence-electron chi connectivity index (χ2n) is 11.5. The molecule has 1 saturated heterocycles. The Bertz CT molecular complexity index is 1720. The van der Waals surface area contributed by atoms with Crippen LogP contribution in [-0.4, -0.2) is 60.5 Å². The summed E-state index contributed by atoms with van der Waals surface area (Å²) in [5.74, 6) is -1.19. The molecule has 2 amide bonds. The number of fused-ring (bicyclic) bond motifs is 1. The summed E-state index contributed by atoms with van der Waals surface area (Å²) in [6.45, 7) is 2.53. The molecule has 1 aromatic heterocycles. The summed E-state index contributed by atoms with van der Waals surface area (Å²) in [5.41, 5.74) is -0.479. The van der Waals surface area contributed by atoms with E-state index in [4.69, 9.17) is 14.2 Å². The molecule has 2 fully saturated rings. The Morgan fingerprint density at radius 2 is 1.71 bits per heavy atom. The van der Waals surface area contributed by atoms with Crippen molar-refractivity contribution in [1.82, 2.24) is 14.9 Å². The lowest BCUT2D eigenvalue weighted by Crippen LogP contribution is -2.35. The van der Waals surface area contributed by atoms with Crippen molar-refractivity contribution in [2.24, 2.45) is 11.3 Å². The predicted octanol–water partition coefficient (Wildman–Crippen LogP) is 5.79. The smallest absolute Gasteiger partial charge is 0.240 e. The van der Waals surface area contributed by atoms with Gasteiger partial charge in [-0.25, -0.2) is 18.7 Å². The third kappa shape index (κ3) is 6.51. The fourth-order valence-electron chi connectivity index (χ4n) is 5.35. The third-order valence-corrected chi connectivity index (χ3v) is 8.33. The van der Waals surface area contributed by atoms with E-state index in [1.165, 1.54) is 48.8 Å². The molecule has 2 aliphatic rings. The number of likely N-dealkylation sites (tertiary alicyclic amines) is 1. The number of hydrogen-bond donors (Lipinski definition) is 2. The fraction of sp³-hybridized carbons (Fsp3) is 0.333. The quantitative estimate of drug-likeness (QED) is 0.215. The van der Waals surface area contributed by atoms with E-state index in [9.17, 15) is 14.0 Å². The fourth-order valence-corrected chi connectivity index (χ4v) is 5.35. The molecule has 0 radical (unpaired) electrons. The largest absolute Gasteiger partial charge is 0.493 e. The van der Waals surface area contributed by atoms with Gasteiger partial charge in [-0.1, -0.05) is 6.07 Å². The summed E-state index contributed by atoms with van der Waals surface area (Å²) < 4.78 is 46.3. The van der Waals surface area contributed by atoms with Crippen LogP contribution in [0, 0.1) is 23.0 Å². The van der Waals surface area contributed by atoms with E-state index in [1.54, 1.807) is 19.2 Å². The molecule has 2 N–H and O–H groups in total. The molecule has 234 valence electrons. The van der Waals surface area contributed by atoms with Gasteiger partial charge in [-0.3, -0.25) is 9.59 Å². The Labute approximate surface area is 258 Å². The standard InChI is InChI=1S/C33H33F2N5O5/c1-40-14-10-20(11-15-40)18-44-28-16-23-26(17-27(28)43-2)36-19-37-30(23)45-29-24(35)4-3-5-25(29)39-32(42)33(12-13-33)31(41)38-22-8-6-21(34)7-9-22/h3-9,16-17,19-20H,10-15,18H2,1-2H3,(H,38,41)(H,39,42). The highest BCUT2D eigenvalue weighted by Crippen LogP contribution is 2.48. The normalized spacial score (nSPS) is 16.2. The third-order valence-electron chi connectivity index (χ3n) is 8.33. The number of para-hydroxylation sites is 1. The van der Waals surface area contributed by atoms with Crippen LogP contribution in [0.25, 0.3) is 10.9 Å². The molecule has 0 atom stereocenters. The molecule has 12 heteroatoms. The van der Waals surface area contributed by atoms with Crippen molar-refractivity contribution in [1.29, 1.82) is 0 Å². The number of nitrogens with one attached hydrogen (secondary N) is 2. The Morgan fingerprint density at radius 1 is 0.978 bits per heavy atom. The summed E-state index contributed by atoms with van der Waals surface area (Å²) in [6.07, 6.45) is 3.95. The van der Waals surface area contributed by atoms with Crippen LogP contribution < -0.4 is 24.8 Å². The second-order valence-corrected chi connectivity index (χ2v) is 11.5. The number of carbonyl (C=O) groups is 2. The summed E-state index contributed by atoms with van der Waals surface area (Å²) >= 11 is 0. The highest BCUT2D eigenvalue weighted by atomic mass is 19.1. The summed E-state index contributed by atoms with van der Waals surface area (Å²) in [6, 6.07) is 12.7.